The van der Waals surface area contributed by atoms with Crippen LogP contribution in [0.25, 0.3) is 0 Å². The van der Waals surface area contributed by atoms with Gasteiger partial charge in [-0.2, -0.15) is 0 Å². The Balaban J connectivity index is 2.80. The highest BCUT2D eigenvalue weighted by molar-refractivity contribution is 5.76. The number of aromatic hydroxyl groups is 1. The van der Waals surface area contributed by atoms with Crippen LogP contribution in [0, 0.1) is 11.8 Å². The third-order valence-corrected chi connectivity index (χ3v) is 2.30. The monoisotopic (exact) mass is 266 g/mol. The third kappa shape index (κ3) is 4.28. The van der Waals surface area contributed by atoms with Crippen LogP contribution in [0.3, 0.4) is 0 Å². The molecule has 0 unspecified atom stereocenters. The fourth-order valence-corrected chi connectivity index (χ4v) is 1.11. The first-order chi connectivity index (χ1) is 8.81. The number of phenols is 1. The lowest BCUT2D eigenvalue weighted by atomic mass is 10.2. The van der Waals surface area contributed by atoms with Crippen molar-refractivity contribution in [2.45, 2.75) is 27.7 Å². The summed E-state index contributed by atoms with van der Waals surface area (Å²) in [6, 6.07) is 4.09. The van der Waals surface area contributed by atoms with Crippen molar-refractivity contribution in [1.29, 1.82) is 0 Å². The Labute approximate surface area is 112 Å². The lowest BCUT2D eigenvalue weighted by Gasteiger charge is -2.10. The molecule has 0 aliphatic rings. The van der Waals surface area contributed by atoms with Gasteiger partial charge in [-0.3, -0.25) is 9.59 Å². The zero-order valence-electron chi connectivity index (χ0n) is 11.5. The van der Waals surface area contributed by atoms with Gasteiger partial charge in [0.1, 0.15) is 5.75 Å². The Bertz CT molecular complexity index is 477. The topological polar surface area (TPSA) is 72.8 Å². The first kappa shape index (κ1) is 15.0. The molecule has 1 aromatic rings. The van der Waals surface area contributed by atoms with E-state index in [-0.39, 0.29) is 29.1 Å². The predicted octanol–water partition coefficient (Wildman–Crippen LogP) is 2.52. The van der Waals surface area contributed by atoms with Crippen molar-refractivity contribution in [3.63, 3.8) is 0 Å². The Hall–Kier alpha value is -2.04. The summed E-state index contributed by atoms with van der Waals surface area (Å²) in [6.07, 6.45) is 0. The molecule has 5 nitrogen and oxygen atoms in total. The molecule has 0 spiro atoms. The minimum Gasteiger partial charge on any atom is -0.504 e. The number of ether oxygens (including phenoxy) is 2. The second-order valence-corrected chi connectivity index (χ2v) is 4.78. The van der Waals surface area contributed by atoms with E-state index in [1.165, 1.54) is 18.2 Å². The van der Waals surface area contributed by atoms with Crippen LogP contribution in [0.4, 0.5) is 0 Å². The fourth-order valence-electron chi connectivity index (χ4n) is 1.11. The summed E-state index contributed by atoms with van der Waals surface area (Å²) in [6.45, 7) is 6.80. The van der Waals surface area contributed by atoms with Gasteiger partial charge in [0.05, 0.1) is 11.8 Å². The molecule has 0 aliphatic heterocycles. The first-order valence-electron chi connectivity index (χ1n) is 6.07. The van der Waals surface area contributed by atoms with Crippen molar-refractivity contribution in [2.75, 3.05) is 0 Å². The maximum atomic E-state index is 11.4. The molecule has 0 amide bonds. The normalized spacial score (nSPS) is 10.6. The zero-order valence-corrected chi connectivity index (χ0v) is 11.5. The van der Waals surface area contributed by atoms with Gasteiger partial charge >= 0.3 is 11.9 Å². The Kier molecular flexibility index (Phi) is 4.92. The highest BCUT2D eigenvalue weighted by Crippen LogP contribution is 2.31. The van der Waals surface area contributed by atoms with Crippen LogP contribution in [0.15, 0.2) is 18.2 Å². The van der Waals surface area contributed by atoms with Crippen molar-refractivity contribution in [1.82, 2.24) is 0 Å². The summed E-state index contributed by atoms with van der Waals surface area (Å²) in [7, 11) is 0. The van der Waals surface area contributed by atoms with Crippen LogP contribution in [-0.4, -0.2) is 17.0 Å². The SMILES string of the molecule is CC(C)C(=O)Oc1ccc(OC(=O)C(C)C)c(O)c1. The van der Waals surface area contributed by atoms with Crippen LogP contribution < -0.4 is 9.47 Å². The van der Waals surface area contributed by atoms with Crippen LogP contribution in [0.2, 0.25) is 0 Å². The van der Waals surface area contributed by atoms with Gasteiger partial charge in [0.25, 0.3) is 0 Å². The van der Waals surface area contributed by atoms with E-state index in [2.05, 4.69) is 0 Å². The molecule has 0 saturated heterocycles. The molecule has 1 N–H and O–H groups in total. The van der Waals surface area contributed by atoms with Gasteiger partial charge in [-0.1, -0.05) is 27.7 Å². The summed E-state index contributed by atoms with van der Waals surface area (Å²) in [5.41, 5.74) is 0. The Morgan fingerprint density at radius 3 is 2.00 bits per heavy atom. The molecule has 0 heterocycles. The van der Waals surface area contributed by atoms with Gasteiger partial charge in [-0.15, -0.1) is 0 Å². The standard InChI is InChI=1S/C14H18O5/c1-8(2)13(16)18-10-5-6-12(11(15)7-10)19-14(17)9(3)4/h5-9,15H,1-4H3. The van der Waals surface area contributed by atoms with E-state index in [4.69, 9.17) is 9.47 Å². The summed E-state index contributed by atoms with van der Waals surface area (Å²) in [5, 5.41) is 9.70. The van der Waals surface area contributed by atoms with E-state index in [9.17, 15) is 14.7 Å². The molecular formula is C14H18O5. The quantitative estimate of drug-likeness (QED) is 0.669. The Morgan fingerprint density at radius 1 is 1.00 bits per heavy atom. The number of hydrogen-bond acceptors (Lipinski definition) is 5. The molecule has 0 aromatic heterocycles. The summed E-state index contributed by atoms with van der Waals surface area (Å²) < 4.78 is 10.0. The largest absolute Gasteiger partial charge is 0.504 e. The number of hydrogen-bond donors (Lipinski definition) is 1. The molecule has 0 saturated carbocycles. The van der Waals surface area contributed by atoms with E-state index in [0.29, 0.717) is 0 Å². The number of benzene rings is 1. The molecular weight excluding hydrogens is 248 g/mol. The molecule has 19 heavy (non-hydrogen) atoms. The van der Waals surface area contributed by atoms with Gasteiger partial charge in [0, 0.05) is 6.07 Å². The molecule has 1 rings (SSSR count). The van der Waals surface area contributed by atoms with Crippen LogP contribution in [0.1, 0.15) is 27.7 Å². The van der Waals surface area contributed by atoms with Gasteiger partial charge in [0.15, 0.2) is 11.5 Å². The predicted molar refractivity (Wildman–Crippen MR) is 69.1 cm³/mol. The maximum absolute atomic E-state index is 11.4. The van der Waals surface area contributed by atoms with Crippen molar-refractivity contribution in [3.8, 4) is 17.2 Å². The minimum absolute atomic E-state index is 0.0445. The van der Waals surface area contributed by atoms with E-state index in [1.807, 2.05) is 0 Å². The first-order valence-corrected chi connectivity index (χ1v) is 6.07. The number of carbonyl (C=O) groups excluding carboxylic acids is 2. The summed E-state index contributed by atoms with van der Waals surface area (Å²) in [4.78, 5) is 22.8. The lowest BCUT2D eigenvalue weighted by Crippen LogP contribution is -2.15. The van der Waals surface area contributed by atoms with E-state index < -0.39 is 11.9 Å². The molecule has 0 radical (unpaired) electrons. The van der Waals surface area contributed by atoms with Gasteiger partial charge in [-0.05, 0) is 12.1 Å². The number of phenolic OH excluding ortho intramolecular Hbond substituents is 1. The Morgan fingerprint density at radius 2 is 1.53 bits per heavy atom. The molecule has 1 aromatic carbocycles. The molecule has 0 atom stereocenters. The van der Waals surface area contributed by atoms with Crippen molar-refractivity contribution < 1.29 is 24.2 Å². The van der Waals surface area contributed by atoms with Crippen molar-refractivity contribution >= 4 is 11.9 Å². The zero-order chi connectivity index (χ0) is 14.6. The second kappa shape index (κ2) is 6.22. The van der Waals surface area contributed by atoms with E-state index >= 15 is 0 Å². The molecule has 0 fully saturated rings. The van der Waals surface area contributed by atoms with Crippen LogP contribution in [0.5, 0.6) is 17.2 Å². The number of rotatable bonds is 4. The van der Waals surface area contributed by atoms with Crippen LogP contribution in [-0.2, 0) is 9.59 Å². The molecule has 0 aliphatic carbocycles. The van der Waals surface area contributed by atoms with Gasteiger partial charge in [-0.25, -0.2) is 0 Å². The van der Waals surface area contributed by atoms with E-state index in [0.717, 1.165) is 0 Å². The summed E-state index contributed by atoms with van der Waals surface area (Å²) >= 11 is 0. The second-order valence-electron chi connectivity index (χ2n) is 4.78. The lowest BCUT2D eigenvalue weighted by molar-refractivity contribution is -0.138. The van der Waals surface area contributed by atoms with Crippen molar-refractivity contribution in [2.24, 2.45) is 11.8 Å². The average Bonchev–Trinajstić information content (AvgIpc) is 2.32. The highest BCUT2D eigenvalue weighted by atomic mass is 16.5. The molecule has 5 heteroatoms. The third-order valence-electron chi connectivity index (χ3n) is 2.30. The molecule has 0 bridgehead atoms. The van der Waals surface area contributed by atoms with Crippen LogP contribution >= 0.6 is 0 Å². The van der Waals surface area contributed by atoms with Crippen molar-refractivity contribution in [3.05, 3.63) is 18.2 Å². The minimum atomic E-state index is -0.442. The molecule has 104 valence electrons. The number of esters is 2. The fraction of sp³-hybridized carbons (Fsp3) is 0.429. The van der Waals surface area contributed by atoms with Gasteiger partial charge < -0.3 is 14.6 Å². The van der Waals surface area contributed by atoms with E-state index in [1.54, 1.807) is 27.7 Å². The summed E-state index contributed by atoms with van der Waals surface area (Å²) in [5.74, 6) is -1.39. The smallest absolute Gasteiger partial charge is 0.313 e. The van der Waals surface area contributed by atoms with Gasteiger partial charge in [0.2, 0.25) is 0 Å². The number of carbonyl (C=O) groups is 2. The average molecular weight is 266 g/mol. The highest BCUT2D eigenvalue weighted by Gasteiger charge is 2.15. The maximum Gasteiger partial charge on any atom is 0.313 e.